The van der Waals surface area contributed by atoms with Gasteiger partial charge in [-0.15, -0.1) is 0 Å². The van der Waals surface area contributed by atoms with Gasteiger partial charge < -0.3 is 5.32 Å². The van der Waals surface area contributed by atoms with Gasteiger partial charge in [0.05, 0.1) is 17.5 Å². The molecule has 1 N–H and O–H groups in total. The molecule has 26 heavy (non-hydrogen) atoms. The standard InChI is InChI=1S/C16H14F4N2O3S/c1-26(24,25)22(14-7-5-12(17)6-8-14)10-15(23)21-13-4-2-3-11(9-13)16(18,19)20/h2-9H,10H2,1H3,(H,21,23). The molecular weight excluding hydrogens is 376 g/mol. The summed E-state index contributed by atoms with van der Waals surface area (Å²) in [5.74, 6) is -1.44. The highest BCUT2D eigenvalue weighted by molar-refractivity contribution is 7.92. The van der Waals surface area contributed by atoms with Crippen LogP contribution in [0.2, 0.25) is 0 Å². The van der Waals surface area contributed by atoms with Gasteiger partial charge in [-0.25, -0.2) is 12.8 Å². The van der Waals surface area contributed by atoms with E-state index < -0.39 is 40.0 Å². The summed E-state index contributed by atoms with van der Waals surface area (Å²) in [6.07, 6.45) is -3.72. The van der Waals surface area contributed by atoms with E-state index in [0.717, 1.165) is 40.9 Å². The Balaban J connectivity index is 2.19. The van der Waals surface area contributed by atoms with Crippen LogP contribution in [0, 0.1) is 5.82 Å². The molecule has 0 aliphatic heterocycles. The SMILES string of the molecule is CS(=O)(=O)N(CC(=O)Nc1cccc(C(F)(F)F)c1)c1ccc(F)cc1. The fourth-order valence-corrected chi connectivity index (χ4v) is 2.97. The Bertz CT molecular complexity index is 896. The lowest BCUT2D eigenvalue weighted by Crippen LogP contribution is -2.37. The molecule has 0 aliphatic rings. The van der Waals surface area contributed by atoms with E-state index in [1.807, 2.05) is 0 Å². The largest absolute Gasteiger partial charge is 0.416 e. The second-order valence-electron chi connectivity index (χ2n) is 5.37. The number of hydrogen-bond donors (Lipinski definition) is 1. The van der Waals surface area contributed by atoms with Gasteiger partial charge in [0.1, 0.15) is 12.4 Å². The molecule has 5 nitrogen and oxygen atoms in total. The maximum atomic E-state index is 13.0. The molecule has 0 radical (unpaired) electrons. The van der Waals surface area contributed by atoms with Crippen molar-refractivity contribution in [3.05, 3.63) is 59.9 Å². The van der Waals surface area contributed by atoms with E-state index in [1.54, 1.807) is 0 Å². The van der Waals surface area contributed by atoms with Crippen molar-refractivity contribution in [1.29, 1.82) is 0 Å². The number of alkyl halides is 3. The molecule has 2 rings (SSSR count). The summed E-state index contributed by atoms with van der Waals surface area (Å²) in [6.45, 7) is -0.680. The van der Waals surface area contributed by atoms with Crippen molar-refractivity contribution in [2.45, 2.75) is 6.18 Å². The molecule has 1 amide bonds. The number of carbonyl (C=O) groups excluding carboxylic acids is 1. The molecule has 140 valence electrons. The lowest BCUT2D eigenvalue weighted by molar-refractivity contribution is -0.137. The van der Waals surface area contributed by atoms with Crippen LogP contribution >= 0.6 is 0 Å². The molecule has 0 heterocycles. The number of benzene rings is 2. The van der Waals surface area contributed by atoms with Crippen LogP contribution in [0.3, 0.4) is 0 Å². The smallest absolute Gasteiger partial charge is 0.325 e. The number of carbonyl (C=O) groups is 1. The summed E-state index contributed by atoms with van der Waals surface area (Å²) in [4.78, 5) is 12.1. The lowest BCUT2D eigenvalue weighted by Gasteiger charge is -2.22. The molecule has 0 unspecified atom stereocenters. The first-order valence-corrected chi connectivity index (χ1v) is 9.02. The van der Waals surface area contributed by atoms with Gasteiger partial charge in [-0.05, 0) is 42.5 Å². The number of halogens is 4. The van der Waals surface area contributed by atoms with E-state index in [-0.39, 0.29) is 11.4 Å². The van der Waals surface area contributed by atoms with E-state index in [1.165, 1.54) is 18.2 Å². The molecule has 2 aromatic carbocycles. The molecule has 0 aromatic heterocycles. The second kappa shape index (κ2) is 7.32. The van der Waals surface area contributed by atoms with Crippen LogP contribution in [0.15, 0.2) is 48.5 Å². The summed E-state index contributed by atoms with van der Waals surface area (Å²) in [5, 5.41) is 2.22. The van der Waals surface area contributed by atoms with E-state index >= 15 is 0 Å². The summed E-state index contributed by atoms with van der Waals surface area (Å²) < 4.78 is 75.6. The molecule has 0 fully saturated rings. The molecule has 0 saturated carbocycles. The van der Waals surface area contributed by atoms with Crippen LogP contribution < -0.4 is 9.62 Å². The third-order valence-corrected chi connectivity index (χ3v) is 4.42. The van der Waals surface area contributed by atoms with Gasteiger partial charge in [0.25, 0.3) is 0 Å². The van der Waals surface area contributed by atoms with Crippen molar-refractivity contribution in [2.75, 3.05) is 22.4 Å². The van der Waals surface area contributed by atoms with Gasteiger partial charge in [0.2, 0.25) is 15.9 Å². The Hall–Kier alpha value is -2.62. The van der Waals surface area contributed by atoms with Crippen LogP contribution in [0.25, 0.3) is 0 Å². The van der Waals surface area contributed by atoms with E-state index in [0.29, 0.717) is 0 Å². The van der Waals surface area contributed by atoms with Crippen molar-refractivity contribution >= 4 is 27.3 Å². The van der Waals surface area contributed by atoms with Crippen molar-refractivity contribution in [3.8, 4) is 0 Å². The first-order valence-electron chi connectivity index (χ1n) is 7.17. The molecule has 10 heteroatoms. The lowest BCUT2D eigenvalue weighted by atomic mass is 10.2. The fourth-order valence-electron chi connectivity index (χ4n) is 2.11. The van der Waals surface area contributed by atoms with Crippen molar-refractivity contribution in [1.82, 2.24) is 0 Å². The summed E-state index contributed by atoms with van der Waals surface area (Å²) in [5.41, 5.74) is -1.03. The Morgan fingerprint density at radius 2 is 1.73 bits per heavy atom. The molecular formula is C16H14F4N2O3S. The normalized spacial score (nSPS) is 11.9. The van der Waals surface area contributed by atoms with Gasteiger partial charge in [-0.2, -0.15) is 13.2 Å². The Morgan fingerprint density at radius 1 is 1.12 bits per heavy atom. The summed E-state index contributed by atoms with van der Waals surface area (Å²) in [7, 11) is -3.88. The molecule has 0 spiro atoms. The molecule has 0 atom stereocenters. The van der Waals surface area contributed by atoms with Gasteiger partial charge in [0, 0.05) is 5.69 Å². The Labute approximate surface area is 147 Å². The first kappa shape index (κ1) is 19.7. The monoisotopic (exact) mass is 390 g/mol. The maximum Gasteiger partial charge on any atom is 0.416 e. The number of nitrogens with zero attached hydrogens (tertiary/aromatic N) is 1. The predicted molar refractivity (Wildman–Crippen MR) is 88.7 cm³/mol. The van der Waals surface area contributed by atoms with Gasteiger partial charge in [-0.1, -0.05) is 6.07 Å². The number of rotatable bonds is 5. The predicted octanol–water partition coefficient (Wildman–Crippen LogP) is 3.25. The van der Waals surface area contributed by atoms with Crippen LogP contribution in [0.1, 0.15) is 5.56 Å². The van der Waals surface area contributed by atoms with Gasteiger partial charge >= 0.3 is 6.18 Å². The van der Waals surface area contributed by atoms with Crippen molar-refractivity contribution in [2.24, 2.45) is 0 Å². The topological polar surface area (TPSA) is 66.5 Å². The van der Waals surface area contributed by atoms with Crippen LogP contribution in [0.4, 0.5) is 28.9 Å². The zero-order chi connectivity index (χ0) is 19.5. The van der Waals surface area contributed by atoms with Crippen LogP contribution in [-0.2, 0) is 21.0 Å². The zero-order valence-corrected chi connectivity index (χ0v) is 14.2. The highest BCUT2D eigenvalue weighted by atomic mass is 32.2. The molecule has 0 bridgehead atoms. The number of sulfonamides is 1. The average molecular weight is 390 g/mol. The number of amides is 1. The third kappa shape index (κ3) is 5.19. The molecule has 2 aromatic rings. The third-order valence-electron chi connectivity index (χ3n) is 3.28. The van der Waals surface area contributed by atoms with Gasteiger partial charge in [-0.3, -0.25) is 9.10 Å². The fraction of sp³-hybridized carbons (Fsp3) is 0.188. The Morgan fingerprint density at radius 3 is 2.27 bits per heavy atom. The van der Waals surface area contributed by atoms with Crippen LogP contribution in [-0.4, -0.2) is 27.1 Å². The average Bonchev–Trinajstić information content (AvgIpc) is 2.52. The Kier molecular flexibility index (Phi) is 5.55. The minimum Gasteiger partial charge on any atom is -0.325 e. The highest BCUT2D eigenvalue weighted by Crippen LogP contribution is 2.30. The zero-order valence-electron chi connectivity index (χ0n) is 13.4. The second-order valence-corrected chi connectivity index (χ2v) is 7.28. The van der Waals surface area contributed by atoms with Crippen molar-refractivity contribution < 1.29 is 30.8 Å². The first-order chi connectivity index (χ1) is 12.0. The number of anilines is 2. The van der Waals surface area contributed by atoms with Crippen molar-refractivity contribution in [3.63, 3.8) is 0 Å². The van der Waals surface area contributed by atoms with E-state index in [9.17, 15) is 30.8 Å². The van der Waals surface area contributed by atoms with E-state index in [4.69, 9.17) is 0 Å². The van der Waals surface area contributed by atoms with Crippen LogP contribution in [0.5, 0.6) is 0 Å². The molecule has 0 aliphatic carbocycles. The summed E-state index contributed by atoms with van der Waals surface area (Å²) >= 11 is 0. The quantitative estimate of drug-likeness (QED) is 0.797. The number of hydrogen-bond acceptors (Lipinski definition) is 3. The minimum absolute atomic E-state index is 0.0492. The van der Waals surface area contributed by atoms with Gasteiger partial charge in [0.15, 0.2) is 0 Å². The minimum atomic E-state index is -4.58. The summed E-state index contributed by atoms with van der Waals surface area (Å²) in [6, 6.07) is 8.35. The maximum absolute atomic E-state index is 13.0. The molecule has 0 saturated heterocycles. The van der Waals surface area contributed by atoms with E-state index in [2.05, 4.69) is 5.32 Å². The highest BCUT2D eigenvalue weighted by Gasteiger charge is 2.30. The number of nitrogens with one attached hydrogen (secondary N) is 1.